The molecule has 9 nitrogen and oxygen atoms in total. The first-order valence-electron chi connectivity index (χ1n) is 13.6. The summed E-state index contributed by atoms with van der Waals surface area (Å²) < 4.78 is 10.6. The number of carbonyl (C=O) groups excluding carboxylic acids is 3. The van der Waals surface area contributed by atoms with E-state index < -0.39 is 5.41 Å². The van der Waals surface area contributed by atoms with Gasteiger partial charge < -0.3 is 30.3 Å². The van der Waals surface area contributed by atoms with Gasteiger partial charge in [-0.2, -0.15) is 0 Å². The lowest BCUT2D eigenvalue weighted by Gasteiger charge is -2.39. The molecule has 1 aromatic rings. The number of nitrogens with zero attached hydrogens (tertiary/aromatic N) is 1. The van der Waals surface area contributed by atoms with Crippen LogP contribution >= 0.6 is 0 Å². The molecule has 3 N–H and O–H groups in total. The maximum atomic E-state index is 13.2. The summed E-state index contributed by atoms with van der Waals surface area (Å²) in [7, 11) is 1.66. The number of amides is 3. The number of hydrogen-bond acceptors (Lipinski definition) is 6. The monoisotopic (exact) mass is 514 g/mol. The molecule has 204 valence electrons. The SMILES string of the molecule is COCCCN1C(=O)C(C)(C)Cc2ccc(NC(=O)[C@H]3CNC[C@@H](C(=O)NCC4CCOCC4)C3)cc21. The van der Waals surface area contributed by atoms with E-state index in [2.05, 4.69) is 16.0 Å². The zero-order chi connectivity index (χ0) is 26.4. The Bertz CT molecular complexity index is 975. The van der Waals surface area contributed by atoms with Crippen LogP contribution in [-0.4, -0.2) is 70.8 Å². The van der Waals surface area contributed by atoms with Crippen molar-refractivity contribution in [2.75, 3.05) is 63.3 Å². The molecule has 0 radical (unpaired) electrons. The van der Waals surface area contributed by atoms with E-state index in [1.54, 1.807) is 7.11 Å². The van der Waals surface area contributed by atoms with Gasteiger partial charge in [0.15, 0.2) is 0 Å². The van der Waals surface area contributed by atoms with Crippen molar-refractivity contribution >= 4 is 29.1 Å². The topological polar surface area (TPSA) is 109 Å². The number of nitrogens with one attached hydrogen (secondary N) is 3. The Balaban J connectivity index is 1.37. The minimum atomic E-state index is -0.473. The minimum Gasteiger partial charge on any atom is -0.385 e. The van der Waals surface area contributed by atoms with Gasteiger partial charge in [-0.1, -0.05) is 19.9 Å². The molecule has 4 rings (SSSR count). The predicted octanol–water partition coefficient (Wildman–Crippen LogP) is 2.35. The Morgan fingerprint density at radius 2 is 1.89 bits per heavy atom. The number of fused-ring (bicyclic) bond motifs is 1. The van der Waals surface area contributed by atoms with E-state index >= 15 is 0 Å². The number of ether oxygens (including phenoxy) is 2. The maximum Gasteiger partial charge on any atom is 0.232 e. The molecule has 0 saturated carbocycles. The molecule has 0 spiro atoms. The van der Waals surface area contributed by atoms with Crippen molar-refractivity contribution < 1.29 is 23.9 Å². The van der Waals surface area contributed by atoms with Gasteiger partial charge in [-0.05, 0) is 55.7 Å². The smallest absolute Gasteiger partial charge is 0.232 e. The molecule has 37 heavy (non-hydrogen) atoms. The van der Waals surface area contributed by atoms with Crippen molar-refractivity contribution in [3.05, 3.63) is 23.8 Å². The Labute approximate surface area is 220 Å². The number of methoxy groups -OCH3 is 1. The van der Waals surface area contributed by atoms with Crippen LogP contribution in [0.15, 0.2) is 18.2 Å². The highest BCUT2D eigenvalue weighted by molar-refractivity contribution is 6.01. The third-order valence-electron chi connectivity index (χ3n) is 7.83. The maximum absolute atomic E-state index is 13.2. The second kappa shape index (κ2) is 12.4. The third-order valence-corrected chi connectivity index (χ3v) is 7.83. The molecule has 0 unspecified atom stereocenters. The van der Waals surface area contributed by atoms with Gasteiger partial charge in [0.1, 0.15) is 0 Å². The summed E-state index contributed by atoms with van der Waals surface area (Å²) in [5.41, 5.74) is 2.14. The fourth-order valence-electron chi connectivity index (χ4n) is 5.58. The van der Waals surface area contributed by atoms with E-state index in [0.29, 0.717) is 57.2 Å². The number of anilines is 2. The molecular formula is C28H42N4O5. The number of benzene rings is 1. The van der Waals surface area contributed by atoms with Crippen molar-refractivity contribution in [1.82, 2.24) is 10.6 Å². The van der Waals surface area contributed by atoms with E-state index in [1.807, 2.05) is 36.9 Å². The van der Waals surface area contributed by atoms with Crippen molar-refractivity contribution in [1.29, 1.82) is 0 Å². The molecule has 3 amide bonds. The van der Waals surface area contributed by atoms with E-state index in [0.717, 1.165) is 43.7 Å². The largest absolute Gasteiger partial charge is 0.385 e. The van der Waals surface area contributed by atoms with Crippen molar-refractivity contribution in [3.63, 3.8) is 0 Å². The average Bonchev–Trinajstić information content (AvgIpc) is 2.90. The standard InChI is InChI=1S/C28H42N4O5/c1-28(2)15-20-5-6-23(14-24(20)32(27(28)35)9-4-10-36-3)31-26(34)22-13-21(17-29-18-22)25(33)30-16-19-7-11-37-12-8-19/h5-6,14,19,21-22,29H,4,7-13,15-18H2,1-3H3,(H,30,33)(H,31,34)/t21-,22+/m0/s1. The fraction of sp³-hybridized carbons (Fsp3) is 0.679. The van der Waals surface area contributed by atoms with Crippen LogP contribution < -0.4 is 20.9 Å². The van der Waals surface area contributed by atoms with Crippen LogP contribution in [0.4, 0.5) is 11.4 Å². The van der Waals surface area contributed by atoms with Gasteiger partial charge in [0, 0.05) is 69.9 Å². The van der Waals surface area contributed by atoms with E-state index in [1.165, 1.54) is 0 Å². The molecule has 0 bridgehead atoms. The third kappa shape index (κ3) is 6.89. The molecule has 0 aromatic heterocycles. The van der Waals surface area contributed by atoms with E-state index in [-0.39, 0.29) is 29.6 Å². The van der Waals surface area contributed by atoms with Crippen LogP contribution in [0.2, 0.25) is 0 Å². The molecular weight excluding hydrogens is 472 g/mol. The summed E-state index contributed by atoms with van der Waals surface area (Å²) in [4.78, 5) is 41.0. The molecule has 9 heteroatoms. The Morgan fingerprint density at radius 3 is 2.62 bits per heavy atom. The highest BCUT2D eigenvalue weighted by atomic mass is 16.5. The number of piperidine rings is 1. The van der Waals surface area contributed by atoms with Gasteiger partial charge in [0.2, 0.25) is 17.7 Å². The predicted molar refractivity (Wildman–Crippen MR) is 142 cm³/mol. The van der Waals surface area contributed by atoms with Gasteiger partial charge in [-0.15, -0.1) is 0 Å². The quantitative estimate of drug-likeness (QED) is 0.437. The first-order chi connectivity index (χ1) is 17.8. The first-order valence-corrected chi connectivity index (χ1v) is 13.6. The lowest BCUT2D eigenvalue weighted by molar-refractivity contribution is -0.128. The lowest BCUT2D eigenvalue weighted by Crippen LogP contribution is -2.48. The average molecular weight is 515 g/mol. The number of carbonyl (C=O) groups is 3. The normalized spacial score (nSPS) is 23.9. The van der Waals surface area contributed by atoms with Crippen molar-refractivity contribution in [3.8, 4) is 0 Å². The lowest BCUT2D eigenvalue weighted by atomic mass is 9.80. The van der Waals surface area contributed by atoms with Crippen LogP contribution in [0.3, 0.4) is 0 Å². The van der Waals surface area contributed by atoms with Gasteiger partial charge in [0.05, 0.1) is 11.8 Å². The molecule has 2 saturated heterocycles. The van der Waals surface area contributed by atoms with E-state index in [4.69, 9.17) is 9.47 Å². The van der Waals surface area contributed by atoms with Crippen LogP contribution in [0, 0.1) is 23.2 Å². The van der Waals surface area contributed by atoms with E-state index in [9.17, 15) is 14.4 Å². The van der Waals surface area contributed by atoms with Gasteiger partial charge in [0.25, 0.3) is 0 Å². The van der Waals surface area contributed by atoms with Gasteiger partial charge >= 0.3 is 0 Å². The number of rotatable bonds is 9. The van der Waals surface area contributed by atoms with Crippen LogP contribution in [-0.2, 0) is 30.3 Å². The summed E-state index contributed by atoms with van der Waals surface area (Å²) >= 11 is 0. The van der Waals surface area contributed by atoms with Crippen molar-refractivity contribution in [2.24, 2.45) is 23.2 Å². The minimum absolute atomic E-state index is 0.0121. The molecule has 2 fully saturated rings. The first kappa shape index (κ1) is 27.5. The zero-order valence-corrected chi connectivity index (χ0v) is 22.4. The molecule has 1 aromatic carbocycles. The zero-order valence-electron chi connectivity index (χ0n) is 22.4. The molecule has 3 heterocycles. The summed E-state index contributed by atoms with van der Waals surface area (Å²) in [6.45, 7) is 8.40. The van der Waals surface area contributed by atoms with Crippen molar-refractivity contribution in [2.45, 2.75) is 46.0 Å². The highest BCUT2D eigenvalue weighted by Crippen LogP contribution is 2.39. The summed E-state index contributed by atoms with van der Waals surface area (Å²) in [5.74, 6) is -0.0820. The van der Waals surface area contributed by atoms with Crippen LogP contribution in [0.25, 0.3) is 0 Å². The molecule has 2 atom stereocenters. The summed E-state index contributed by atoms with van der Waals surface area (Å²) in [6, 6.07) is 5.82. The van der Waals surface area contributed by atoms with Gasteiger partial charge in [-0.25, -0.2) is 0 Å². The Hall–Kier alpha value is -2.49. The molecule has 0 aliphatic carbocycles. The second-order valence-electron chi connectivity index (χ2n) is 11.3. The Morgan fingerprint density at radius 1 is 1.16 bits per heavy atom. The summed E-state index contributed by atoms with van der Waals surface area (Å²) in [5, 5.41) is 9.40. The van der Waals surface area contributed by atoms with Crippen LogP contribution in [0.5, 0.6) is 0 Å². The Kier molecular flexibility index (Phi) is 9.21. The summed E-state index contributed by atoms with van der Waals surface area (Å²) in [6.07, 6.45) is 3.86. The highest BCUT2D eigenvalue weighted by Gasteiger charge is 2.39. The molecule has 3 aliphatic heterocycles. The second-order valence-corrected chi connectivity index (χ2v) is 11.3. The van der Waals surface area contributed by atoms with Crippen LogP contribution in [0.1, 0.15) is 45.1 Å². The van der Waals surface area contributed by atoms with Gasteiger partial charge in [-0.3, -0.25) is 14.4 Å². The molecule has 3 aliphatic rings. The fourth-order valence-corrected chi connectivity index (χ4v) is 5.58. The number of hydrogen-bond donors (Lipinski definition) is 3.